The zero-order valence-corrected chi connectivity index (χ0v) is 15.1. The lowest BCUT2D eigenvalue weighted by Crippen LogP contribution is -2.55. The quantitative estimate of drug-likeness (QED) is 0.843. The van der Waals surface area contributed by atoms with Gasteiger partial charge in [0.25, 0.3) is 11.5 Å². The van der Waals surface area contributed by atoms with Crippen molar-refractivity contribution in [2.24, 2.45) is 0 Å². The molecule has 7 nitrogen and oxygen atoms in total. The number of nitrogens with zero attached hydrogens (tertiary/aromatic N) is 2. The molecule has 1 aliphatic rings. The van der Waals surface area contributed by atoms with E-state index in [1.807, 2.05) is 6.07 Å². The first-order chi connectivity index (χ1) is 12.5. The highest BCUT2D eigenvalue weighted by Crippen LogP contribution is 2.15. The summed E-state index contributed by atoms with van der Waals surface area (Å²) in [7, 11) is 0. The highest BCUT2D eigenvalue weighted by molar-refractivity contribution is 5.94. The minimum Gasteiger partial charge on any atom is -0.379 e. The largest absolute Gasteiger partial charge is 0.379 e. The topological polar surface area (TPSA) is 87.3 Å². The van der Waals surface area contributed by atoms with E-state index in [-0.39, 0.29) is 17.0 Å². The van der Waals surface area contributed by atoms with E-state index in [0.29, 0.717) is 31.1 Å². The number of ether oxygens (including phenoxy) is 1. The Bertz CT molecular complexity index is 811. The lowest BCUT2D eigenvalue weighted by molar-refractivity contribution is -0.00923. The number of rotatable bonds is 5. The maximum atomic E-state index is 12.5. The third-order valence-electron chi connectivity index (χ3n) is 4.64. The van der Waals surface area contributed by atoms with Gasteiger partial charge in [-0.25, -0.2) is 0 Å². The van der Waals surface area contributed by atoms with Gasteiger partial charge in [-0.1, -0.05) is 6.07 Å². The first kappa shape index (κ1) is 18.3. The van der Waals surface area contributed by atoms with Gasteiger partial charge in [0.15, 0.2) is 0 Å². The van der Waals surface area contributed by atoms with Crippen molar-refractivity contribution in [1.29, 1.82) is 0 Å². The molecule has 0 bridgehead atoms. The fraction of sp³-hybridized carbons (Fsp3) is 0.421. The zero-order valence-electron chi connectivity index (χ0n) is 15.1. The summed E-state index contributed by atoms with van der Waals surface area (Å²) in [4.78, 5) is 34.0. The fourth-order valence-corrected chi connectivity index (χ4v) is 3.00. The summed E-state index contributed by atoms with van der Waals surface area (Å²) < 4.78 is 5.37. The van der Waals surface area contributed by atoms with Crippen LogP contribution in [0.15, 0.2) is 41.3 Å². The van der Waals surface area contributed by atoms with Crippen LogP contribution in [-0.4, -0.2) is 59.2 Å². The molecule has 1 aliphatic heterocycles. The summed E-state index contributed by atoms with van der Waals surface area (Å²) in [6.07, 6.45) is 1.65. The smallest absolute Gasteiger partial charge is 0.261 e. The molecule has 0 atom stereocenters. The Kier molecular flexibility index (Phi) is 5.49. The van der Waals surface area contributed by atoms with E-state index >= 15 is 0 Å². The highest BCUT2D eigenvalue weighted by atomic mass is 16.5. The van der Waals surface area contributed by atoms with Crippen molar-refractivity contribution in [3.8, 4) is 11.4 Å². The Hall–Kier alpha value is -2.51. The minimum atomic E-state index is -0.421. The highest BCUT2D eigenvalue weighted by Gasteiger charge is 2.29. The molecule has 0 aliphatic carbocycles. The second-order valence-electron chi connectivity index (χ2n) is 6.92. The van der Waals surface area contributed by atoms with Crippen molar-refractivity contribution in [3.05, 3.63) is 52.4 Å². The Morgan fingerprint density at radius 3 is 2.69 bits per heavy atom. The fourth-order valence-electron chi connectivity index (χ4n) is 3.00. The monoisotopic (exact) mass is 356 g/mol. The van der Waals surface area contributed by atoms with Crippen LogP contribution >= 0.6 is 0 Å². The molecule has 138 valence electrons. The van der Waals surface area contributed by atoms with E-state index in [4.69, 9.17) is 4.74 Å². The zero-order chi connectivity index (χ0) is 18.6. The number of morpholine rings is 1. The van der Waals surface area contributed by atoms with Gasteiger partial charge in [0, 0.05) is 31.4 Å². The summed E-state index contributed by atoms with van der Waals surface area (Å²) in [5, 5.41) is 2.88. The number of carbonyl (C=O) groups is 1. The number of pyridine rings is 2. The summed E-state index contributed by atoms with van der Waals surface area (Å²) in [6.45, 7) is 7.68. The van der Waals surface area contributed by atoms with Crippen molar-refractivity contribution in [2.45, 2.75) is 19.4 Å². The molecule has 1 amide bonds. The van der Waals surface area contributed by atoms with Crippen LogP contribution in [0, 0.1) is 0 Å². The van der Waals surface area contributed by atoms with Crippen molar-refractivity contribution in [1.82, 2.24) is 20.2 Å². The predicted octanol–water partition coefficient (Wildman–Crippen LogP) is 1.28. The van der Waals surface area contributed by atoms with Crippen molar-refractivity contribution < 1.29 is 9.53 Å². The van der Waals surface area contributed by atoms with Gasteiger partial charge in [-0.15, -0.1) is 0 Å². The molecule has 2 N–H and O–H groups in total. The molecule has 7 heteroatoms. The second kappa shape index (κ2) is 7.80. The van der Waals surface area contributed by atoms with Gasteiger partial charge >= 0.3 is 0 Å². The average molecular weight is 356 g/mol. The minimum absolute atomic E-state index is 0.0995. The lowest BCUT2D eigenvalue weighted by atomic mass is 10.0. The number of aromatic nitrogens is 2. The molecule has 3 rings (SSSR count). The van der Waals surface area contributed by atoms with Gasteiger partial charge in [0.05, 0.1) is 24.6 Å². The van der Waals surface area contributed by atoms with E-state index in [0.717, 1.165) is 13.1 Å². The summed E-state index contributed by atoms with van der Waals surface area (Å²) in [6, 6.07) is 8.69. The molecular formula is C19H24N4O3. The summed E-state index contributed by atoms with van der Waals surface area (Å²) >= 11 is 0. The van der Waals surface area contributed by atoms with Crippen LogP contribution in [0.25, 0.3) is 11.4 Å². The molecule has 2 aromatic rings. The molecule has 0 saturated carbocycles. The third-order valence-corrected chi connectivity index (χ3v) is 4.64. The Morgan fingerprint density at radius 2 is 2.04 bits per heavy atom. The molecule has 0 unspecified atom stereocenters. The van der Waals surface area contributed by atoms with E-state index < -0.39 is 5.56 Å². The van der Waals surface area contributed by atoms with Crippen LogP contribution < -0.4 is 10.9 Å². The van der Waals surface area contributed by atoms with Gasteiger partial charge in [0.1, 0.15) is 5.56 Å². The summed E-state index contributed by atoms with van der Waals surface area (Å²) in [5.41, 5.74) is 0.711. The van der Waals surface area contributed by atoms with Crippen LogP contribution in [0.4, 0.5) is 0 Å². The molecule has 1 saturated heterocycles. The first-order valence-corrected chi connectivity index (χ1v) is 8.73. The molecular weight excluding hydrogens is 332 g/mol. The van der Waals surface area contributed by atoms with Gasteiger partial charge < -0.3 is 15.0 Å². The van der Waals surface area contributed by atoms with Gasteiger partial charge in [-0.2, -0.15) is 0 Å². The van der Waals surface area contributed by atoms with E-state index in [1.54, 1.807) is 30.5 Å². The maximum absolute atomic E-state index is 12.5. The molecule has 26 heavy (non-hydrogen) atoms. The van der Waals surface area contributed by atoms with Crippen LogP contribution in [0.5, 0.6) is 0 Å². The number of carbonyl (C=O) groups excluding carboxylic acids is 1. The molecule has 3 heterocycles. The molecule has 0 spiro atoms. The normalized spacial score (nSPS) is 15.6. The van der Waals surface area contributed by atoms with E-state index in [9.17, 15) is 9.59 Å². The van der Waals surface area contributed by atoms with Crippen LogP contribution in [-0.2, 0) is 4.74 Å². The third kappa shape index (κ3) is 4.17. The van der Waals surface area contributed by atoms with Crippen molar-refractivity contribution in [2.75, 3.05) is 32.8 Å². The van der Waals surface area contributed by atoms with Crippen LogP contribution in [0.2, 0.25) is 0 Å². The standard InChI is InChI=1S/C19H24N4O3/c1-19(2,23-9-11-26-12-10-23)13-21-17(24)14-6-7-16(22-18(14)25)15-5-3-4-8-20-15/h3-8H,9-13H2,1-2H3,(H,21,24)(H,22,25). The number of hydrogen-bond donors (Lipinski definition) is 2. The molecule has 0 aromatic carbocycles. The average Bonchev–Trinajstić information content (AvgIpc) is 2.67. The van der Waals surface area contributed by atoms with Crippen molar-refractivity contribution >= 4 is 5.91 Å². The molecule has 1 fully saturated rings. The lowest BCUT2D eigenvalue weighted by Gasteiger charge is -2.40. The summed E-state index contributed by atoms with van der Waals surface area (Å²) in [5.74, 6) is -0.375. The van der Waals surface area contributed by atoms with Crippen LogP contribution in [0.1, 0.15) is 24.2 Å². The van der Waals surface area contributed by atoms with Gasteiger partial charge in [-0.3, -0.25) is 19.5 Å². The number of H-pyrrole nitrogens is 1. The SMILES string of the molecule is CC(C)(CNC(=O)c1ccc(-c2ccccn2)[nH]c1=O)N1CCOCC1. The van der Waals surface area contributed by atoms with Crippen molar-refractivity contribution in [3.63, 3.8) is 0 Å². The number of hydrogen-bond acceptors (Lipinski definition) is 5. The van der Waals surface area contributed by atoms with E-state index in [2.05, 4.69) is 34.0 Å². The van der Waals surface area contributed by atoms with E-state index in [1.165, 1.54) is 0 Å². The van der Waals surface area contributed by atoms with Gasteiger partial charge in [0.2, 0.25) is 0 Å². The molecule has 0 radical (unpaired) electrons. The second-order valence-corrected chi connectivity index (χ2v) is 6.92. The Balaban J connectivity index is 1.67. The Labute approximate surface area is 152 Å². The Morgan fingerprint density at radius 1 is 1.27 bits per heavy atom. The number of nitrogens with one attached hydrogen (secondary N) is 2. The molecule has 2 aromatic heterocycles. The number of amides is 1. The first-order valence-electron chi connectivity index (χ1n) is 8.73. The van der Waals surface area contributed by atoms with Gasteiger partial charge in [-0.05, 0) is 38.1 Å². The number of aromatic amines is 1. The maximum Gasteiger partial charge on any atom is 0.261 e. The van der Waals surface area contributed by atoms with Crippen LogP contribution in [0.3, 0.4) is 0 Å². The predicted molar refractivity (Wildman–Crippen MR) is 99.1 cm³/mol.